The Labute approximate surface area is 279 Å². The van der Waals surface area contributed by atoms with Crippen LogP contribution in [0.4, 0.5) is 10.1 Å². The first-order valence-electron chi connectivity index (χ1n) is 15.0. The third kappa shape index (κ3) is 8.07. The SMILES string of the molecule is O=C(NC1CCCC1)[C@H](Cc1ccccc1)N(Cc1ccc(F)cc1)C(=O)CN(c1cccc(Cl)c1Cl)S(=O)(=O)c1ccccc1. The molecule has 1 atom stereocenters. The van der Waals surface area contributed by atoms with E-state index in [1.807, 2.05) is 30.3 Å². The molecule has 46 heavy (non-hydrogen) atoms. The zero-order valence-corrected chi connectivity index (χ0v) is 27.3. The van der Waals surface area contributed by atoms with Crippen LogP contribution in [0.3, 0.4) is 0 Å². The molecule has 1 aliphatic rings. The summed E-state index contributed by atoms with van der Waals surface area (Å²) in [6, 6.07) is 26.1. The minimum Gasteiger partial charge on any atom is -0.352 e. The highest BCUT2D eigenvalue weighted by atomic mass is 35.5. The number of hydrogen-bond donors (Lipinski definition) is 1. The molecule has 1 saturated carbocycles. The highest BCUT2D eigenvalue weighted by Crippen LogP contribution is 2.35. The second kappa shape index (κ2) is 15.1. The molecule has 0 saturated heterocycles. The van der Waals surface area contributed by atoms with E-state index in [9.17, 15) is 22.4 Å². The standard InChI is InChI=1S/C35H34Cl2FN3O4S/c36-30-16-9-17-31(34(30)37)41(46(44,45)29-14-5-2-6-15-29)24-33(42)40(23-26-18-20-27(38)21-19-26)32(22-25-10-3-1-4-11-25)35(43)39-28-12-7-8-13-28/h1-6,9-11,14-21,28,32H,7-8,12-13,22-24H2,(H,39,43)/t32-/m0/s1. The number of rotatable bonds is 12. The topological polar surface area (TPSA) is 86.8 Å². The van der Waals surface area contributed by atoms with Crippen molar-refractivity contribution in [2.45, 2.75) is 55.6 Å². The Morgan fingerprint density at radius 1 is 0.826 bits per heavy atom. The van der Waals surface area contributed by atoms with E-state index in [-0.39, 0.29) is 45.5 Å². The van der Waals surface area contributed by atoms with Gasteiger partial charge in [0.2, 0.25) is 11.8 Å². The lowest BCUT2D eigenvalue weighted by Gasteiger charge is -2.34. The number of anilines is 1. The average molecular weight is 683 g/mol. The molecule has 1 N–H and O–H groups in total. The van der Waals surface area contributed by atoms with Gasteiger partial charge in [0.15, 0.2) is 0 Å². The number of carbonyl (C=O) groups excluding carboxylic acids is 2. The summed E-state index contributed by atoms with van der Waals surface area (Å²) in [6.45, 7) is -0.752. The number of nitrogens with zero attached hydrogens (tertiary/aromatic N) is 2. The number of halogens is 3. The smallest absolute Gasteiger partial charge is 0.264 e. The Kier molecular flexibility index (Phi) is 11.0. The fourth-order valence-electron chi connectivity index (χ4n) is 5.63. The van der Waals surface area contributed by atoms with Crippen LogP contribution < -0.4 is 9.62 Å². The van der Waals surface area contributed by atoms with Crippen molar-refractivity contribution in [1.29, 1.82) is 0 Å². The quantitative estimate of drug-likeness (QED) is 0.174. The van der Waals surface area contributed by atoms with Gasteiger partial charge in [-0.3, -0.25) is 13.9 Å². The Morgan fingerprint density at radius 3 is 2.11 bits per heavy atom. The van der Waals surface area contributed by atoms with Crippen molar-refractivity contribution in [1.82, 2.24) is 10.2 Å². The Hall–Kier alpha value is -3.92. The third-order valence-corrected chi connectivity index (χ3v) is 10.6. The minimum atomic E-state index is -4.33. The van der Waals surface area contributed by atoms with Crippen LogP contribution in [-0.2, 0) is 32.6 Å². The van der Waals surface area contributed by atoms with Crippen molar-refractivity contribution in [3.05, 3.63) is 130 Å². The largest absolute Gasteiger partial charge is 0.352 e. The van der Waals surface area contributed by atoms with Crippen LogP contribution >= 0.6 is 23.2 Å². The molecule has 1 aliphatic carbocycles. The van der Waals surface area contributed by atoms with Crippen LogP contribution in [0.5, 0.6) is 0 Å². The number of carbonyl (C=O) groups is 2. The first kappa shape index (κ1) is 33.4. The highest BCUT2D eigenvalue weighted by molar-refractivity contribution is 7.92. The lowest BCUT2D eigenvalue weighted by molar-refractivity contribution is -0.140. The van der Waals surface area contributed by atoms with E-state index in [0.29, 0.717) is 5.56 Å². The van der Waals surface area contributed by atoms with Gasteiger partial charge >= 0.3 is 0 Å². The lowest BCUT2D eigenvalue weighted by Crippen LogP contribution is -2.54. The Morgan fingerprint density at radius 2 is 1.46 bits per heavy atom. The predicted molar refractivity (Wildman–Crippen MR) is 179 cm³/mol. The number of nitrogens with one attached hydrogen (secondary N) is 1. The van der Waals surface area contributed by atoms with E-state index in [2.05, 4.69) is 5.32 Å². The van der Waals surface area contributed by atoms with Gasteiger partial charge in [-0.1, -0.05) is 103 Å². The summed E-state index contributed by atoms with van der Waals surface area (Å²) in [7, 11) is -4.33. The van der Waals surface area contributed by atoms with Crippen molar-refractivity contribution in [3.63, 3.8) is 0 Å². The lowest BCUT2D eigenvalue weighted by atomic mass is 10.0. The maximum atomic E-state index is 14.5. The summed E-state index contributed by atoms with van der Waals surface area (Å²) in [6.07, 6.45) is 3.85. The second-order valence-corrected chi connectivity index (χ2v) is 13.9. The molecule has 0 heterocycles. The molecule has 4 aromatic rings. The van der Waals surface area contributed by atoms with E-state index in [4.69, 9.17) is 23.2 Å². The summed E-state index contributed by atoms with van der Waals surface area (Å²) in [5, 5.41) is 3.20. The summed E-state index contributed by atoms with van der Waals surface area (Å²) in [4.78, 5) is 29.9. The molecule has 4 aromatic carbocycles. The number of benzene rings is 4. The normalized spacial score (nSPS) is 14.1. The van der Waals surface area contributed by atoms with Gasteiger partial charge in [-0.05, 0) is 60.4 Å². The molecule has 240 valence electrons. The van der Waals surface area contributed by atoms with Gasteiger partial charge in [-0.15, -0.1) is 0 Å². The molecule has 2 amide bonds. The summed E-state index contributed by atoms with van der Waals surface area (Å²) >= 11 is 12.8. The fraction of sp³-hybridized carbons (Fsp3) is 0.257. The summed E-state index contributed by atoms with van der Waals surface area (Å²) in [5.74, 6) is -1.44. The zero-order valence-electron chi connectivity index (χ0n) is 25.0. The van der Waals surface area contributed by atoms with Crippen LogP contribution in [0, 0.1) is 5.82 Å². The summed E-state index contributed by atoms with van der Waals surface area (Å²) < 4.78 is 43.0. The van der Waals surface area contributed by atoms with Gasteiger partial charge < -0.3 is 10.2 Å². The van der Waals surface area contributed by atoms with Gasteiger partial charge in [0, 0.05) is 19.0 Å². The van der Waals surface area contributed by atoms with Crippen LogP contribution in [0.15, 0.2) is 108 Å². The van der Waals surface area contributed by atoms with Gasteiger partial charge in [0.1, 0.15) is 18.4 Å². The van der Waals surface area contributed by atoms with Crippen LogP contribution in [0.2, 0.25) is 10.0 Å². The molecular formula is C35H34Cl2FN3O4S. The Bertz CT molecular complexity index is 1750. The predicted octanol–water partition coefficient (Wildman–Crippen LogP) is 7.03. The average Bonchev–Trinajstić information content (AvgIpc) is 3.57. The maximum absolute atomic E-state index is 14.5. The molecule has 0 aliphatic heterocycles. The molecule has 5 rings (SSSR count). The fourth-order valence-corrected chi connectivity index (χ4v) is 7.52. The second-order valence-electron chi connectivity index (χ2n) is 11.2. The van der Waals surface area contributed by atoms with Crippen molar-refractivity contribution in [2.24, 2.45) is 0 Å². The molecule has 0 unspecified atom stereocenters. The molecule has 1 fully saturated rings. The van der Waals surface area contributed by atoms with E-state index in [0.717, 1.165) is 35.6 Å². The van der Waals surface area contributed by atoms with E-state index < -0.39 is 34.3 Å². The maximum Gasteiger partial charge on any atom is 0.264 e. The molecule has 7 nitrogen and oxygen atoms in total. The number of sulfonamides is 1. The van der Waals surface area contributed by atoms with Crippen LogP contribution in [0.25, 0.3) is 0 Å². The first-order chi connectivity index (χ1) is 22.1. The van der Waals surface area contributed by atoms with Crippen LogP contribution in [0.1, 0.15) is 36.8 Å². The van der Waals surface area contributed by atoms with Gasteiger partial charge in [-0.2, -0.15) is 0 Å². The van der Waals surface area contributed by atoms with Gasteiger partial charge in [0.25, 0.3) is 10.0 Å². The van der Waals surface area contributed by atoms with Crippen molar-refractivity contribution < 1.29 is 22.4 Å². The molecule has 11 heteroatoms. The first-order valence-corrected chi connectivity index (χ1v) is 17.2. The van der Waals surface area contributed by atoms with Crippen molar-refractivity contribution in [2.75, 3.05) is 10.8 Å². The van der Waals surface area contributed by atoms with Crippen molar-refractivity contribution >= 4 is 50.7 Å². The zero-order chi connectivity index (χ0) is 32.7. The van der Waals surface area contributed by atoms with E-state index >= 15 is 0 Å². The molecule has 0 bridgehead atoms. The summed E-state index contributed by atoms with van der Waals surface area (Å²) in [5.41, 5.74) is 1.40. The van der Waals surface area contributed by atoms with Crippen molar-refractivity contribution in [3.8, 4) is 0 Å². The molecule has 0 spiro atoms. The number of amides is 2. The van der Waals surface area contributed by atoms with Gasteiger partial charge in [-0.25, -0.2) is 12.8 Å². The monoisotopic (exact) mass is 681 g/mol. The molecule has 0 aromatic heterocycles. The highest BCUT2D eigenvalue weighted by Gasteiger charge is 2.36. The van der Waals surface area contributed by atoms with Crippen LogP contribution in [-0.4, -0.2) is 43.8 Å². The van der Waals surface area contributed by atoms with E-state index in [1.54, 1.807) is 24.3 Å². The van der Waals surface area contributed by atoms with Gasteiger partial charge in [0.05, 0.1) is 20.6 Å². The Balaban J connectivity index is 1.58. The minimum absolute atomic E-state index is 0.0168. The molecular weight excluding hydrogens is 648 g/mol. The number of hydrogen-bond acceptors (Lipinski definition) is 4. The third-order valence-electron chi connectivity index (χ3n) is 8.05. The van der Waals surface area contributed by atoms with E-state index in [1.165, 1.54) is 53.4 Å². The molecule has 0 radical (unpaired) electrons.